The van der Waals surface area contributed by atoms with Gasteiger partial charge >= 0.3 is 0 Å². The van der Waals surface area contributed by atoms with E-state index in [-0.39, 0.29) is 35.6 Å². The molecule has 1 spiro atoms. The Labute approximate surface area is 130 Å². The molecule has 7 atom stereocenters. The molecule has 116 valence electrons. The summed E-state index contributed by atoms with van der Waals surface area (Å²) in [5, 5.41) is 0. The molecule has 0 unspecified atom stereocenters. The first-order chi connectivity index (χ1) is 10.6. The highest BCUT2D eigenvalue weighted by Crippen LogP contribution is 2.59. The van der Waals surface area contributed by atoms with Gasteiger partial charge in [0.25, 0.3) is 0 Å². The highest BCUT2D eigenvalue weighted by atomic mass is 16.5. The molecule has 1 aromatic rings. The number of piperidine rings is 1. The molecule has 5 rings (SSSR count). The molecule has 0 aliphatic carbocycles. The van der Waals surface area contributed by atoms with Gasteiger partial charge in [-0.05, 0) is 36.8 Å². The molecule has 3 saturated heterocycles. The molecule has 4 aliphatic heterocycles. The lowest BCUT2D eigenvalue weighted by molar-refractivity contribution is -0.141. The molecule has 0 radical (unpaired) electrons. The lowest BCUT2D eigenvalue weighted by Crippen LogP contribution is -2.54. The Morgan fingerprint density at radius 1 is 1.27 bits per heavy atom. The van der Waals surface area contributed by atoms with Gasteiger partial charge in [-0.15, -0.1) is 0 Å². The Morgan fingerprint density at radius 3 is 2.86 bits per heavy atom. The van der Waals surface area contributed by atoms with E-state index in [0.29, 0.717) is 11.8 Å². The van der Waals surface area contributed by atoms with Crippen molar-refractivity contribution in [2.75, 3.05) is 0 Å². The zero-order chi connectivity index (χ0) is 15.1. The number of fused-ring (bicyclic) bond motifs is 2. The van der Waals surface area contributed by atoms with Crippen molar-refractivity contribution in [3.05, 3.63) is 36.3 Å². The van der Waals surface area contributed by atoms with Crippen molar-refractivity contribution >= 4 is 5.91 Å². The second kappa shape index (κ2) is 4.05. The second-order valence-corrected chi connectivity index (χ2v) is 7.50. The maximum absolute atomic E-state index is 13.2. The van der Waals surface area contributed by atoms with Gasteiger partial charge in [0, 0.05) is 0 Å². The highest BCUT2D eigenvalue weighted by molar-refractivity contribution is 5.86. The molecule has 22 heavy (non-hydrogen) atoms. The fraction of sp³-hybridized carbons (Fsp3) is 0.611. The van der Waals surface area contributed by atoms with E-state index in [4.69, 9.17) is 9.15 Å². The van der Waals surface area contributed by atoms with Gasteiger partial charge in [0.1, 0.15) is 11.4 Å². The monoisotopic (exact) mass is 299 g/mol. The normalized spacial score (nSPS) is 48.8. The van der Waals surface area contributed by atoms with E-state index in [2.05, 4.69) is 30.9 Å². The zero-order valence-electron chi connectivity index (χ0n) is 12.9. The summed E-state index contributed by atoms with van der Waals surface area (Å²) in [7, 11) is 0. The van der Waals surface area contributed by atoms with Gasteiger partial charge in [-0.2, -0.15) is 0 Å². The number of hydrogen-bond acceptors (Lipinski definition) is 3. The predicted molar refractivity (Wildman–Crippen MR) is 79.9 cm³/mol. The molecule has 3 fully saturated rings. The molecule has 1 amide bonds. The summed E-state index contributed by atoms with van der Waals surface area (Å²) in [6.45, 7) is 4.49. The van der Waals surface area contributed by atoms with Gasteiger partial charge in [0.05, 0.1) is 30.4 Å². The highest BCUT2D eigenvalue weighted by Gasteiger charge is 2.69. The lowest BCUT2D eigenvalue weighted by atomic mass is 9.72. The molecule has 1 aromatic heterocycles. The van der Waals surface area contributed by atoms with Crippen LogP contribution in [0.15, 0.2) is 35.0 Å². The van der Waals surface area contributed by atoms with Crippen LogP contribution in [0.3, 0.4) is 0 Å². The first-order valence-electron chi connectivity index (χ1n) is 8.34. The topological polar surface area (TPSA) is 42.7 Å². The smallest absolute Gasteiger partial charge is 0.230 e. The van der Waals surface area contributed by atoms with E-state index in [0.717, 1.165) is 18.6 Å². The summed E-state index contributed by atoms with van der Waals surface area (Å²) in [5.74, 6) is 2.01. The van der Waals surface area contributed by atoms with E-state index in [1.54, 1.807) is 6.26 Å². The maximum Gasteiger partial charge on any atom is 0.230 e. The Kier molecular flexibility index (Phi) is 2.38. The van der Waals surface area contributed by atoms with Crippen LogP contribution in [0.5, 0.6) is 0 Å². The molecular formula is C18H21NO3. The summed E-state index contributed by atoms with van der Waals surface area (Å²) in [5.41, 5.74) is -0.383. The number of rotatable bonds is 1. The number of amides is 1. The third-order valence-corrected chi connectivity index (χ3v) is 6.21. The van der Waals surface area contributed by atoms with Crippen LogP contribution in [0.25, 0.3) is 0 Å². The Morgan fingerprint density at radius 2 is 2.14 bits per heavy atom. The molecular weight excluding hydrogens is 278 g/mol. The Balaban J connectivity index is 1.64. The first-order valence-corrected chi connectivity index (χ1v) is 8.34. The number of nitrogens with zero attached hydrogens (tertiary/aromatic N) is 1. The van der Waals surface area contributed by atoms with Gasteiger partial charge in [0.2, 0.25) is 5.91 Å². The quantitative estimate of drug-likeness (QED) is 0.749. The van der Waals surface area contributed by atoms with Gasteiger partial charge < -0.3 is 14.1 Å². The van der Waals surface area contributed by atoms with Gasteiger partial charge in [0.15, 0.2) is 0 Å². The zero-order valence-corrected chi connectivity index (χ0v) is 12.9. The largest absolute Gasteiger partial charge is 0.467 e. The SMILES string of the molecule is C[C@H]1C[C@H](C)[C@H](c2ccco2)N2C(=O)[C@@H]3C[C@H]4C=C[C@@]3(O4)[C@H]12. The van der Waals surface area contributed by atoms with Crippen LogP contribution in [0, 0.1) is 17.8 Å². The van der Waals surface area contributed by atoms with E-state index in [1.807, 2.05) is 12.1 Å². The average Bonchev–Trinajstić information content (AvgIpc) is 3.22. The van der Waals surface area contributed by atoms with E-state index >= 15 is 0 Å². The first kappa shape index (κ1) is 12.9. The fourth-order valence-corrected chi connectivity index (χ4v) is 5.57. The van der Waals surface area contributed by atoms with Crippen molar-refractivity contribution in [1.29, 1.82) is 0 Å². The molecule has 0 aromatic carbocycles. The van der Waals surface area contributed by atoms with Crippen LogP contribution >= 0.6 is 0 Å². The summed E-state index contributed by atoms with van der Waals surface area (Å²) < 4.78 is 12.0. The van der Waals surface area contributed by atoms with Crippen molar-refractivity contribution in [1.82, 2.24) is 4.90 Å². The second-order valence-electron chi connectivity index (χ2n) is 7.50. The third kappa shape index (κ3) is 1.35. The van der Waals surface area contributed by atoms with Crippen LogP contribution in [0.1, 0.15) is 38.5 Å². The minimum absolute atomic E-state index is 0.00212. The Hall–Kier alpha value is -1.55. The number of ether oxygens (including phenoxy) is 1. The van der Waals surface area contributed by atoms with E-state index in [1.165, 1.54) is 0 Å². The van der Waals surface area contributed by atoms with Crippen LogP contribution < -0.4 is 0 Å². The fourth-order valence-electron chi connectivity index (χ4n) is 5.57. The van der Waals surface area contributed by atoms with Crippen molar-refractivity contribution in [2.24, 2.45) is 17.8 Å². The molecule has 0 N–H and O–H groups in total. The van der Waals surface area contributed by atoms with E-state index < -0.39 is 0 Å². The standard InChI is InChI=1S/C18H21NO3/c1-10-8-11(2)16-18-6-5-12(22-18)9-13(18)17(20)19(16)15(10)14-4-3-7-21-14/h3-7,10-13,15-16H,8-9H2,1-2H3/t10-,11-,12+,13-,15+,16-,18-/m0/s1. The van der Waals surface area contributed by atoms with Crippen molar-refractivity contribution < 1.29 is 13.9 Å². The van der Waals surface area contributed by atoms with Crippen molar-refractivity contribution in [3.8, 4) is 0 Å². The van der Waals surface area contributed by atoms with Crippen molar-refractivity contribution in [3.63, 3.8) is 0 Å². The van der Waals surface area contributed by atoms with Crippen LogP contribution in [0.2, 0.25) is 0 Å². The number of carbonyl (C=O) groups excluding carboxylic acids is 1. The van der Waals surface area contributed by atoms with E-state index in [9.17, 15) is 4.79 Å². The minimum Gasteiger partial charge on any atom is -0.467 e. The number of carbonyl (C=O) groups is 1. The summed E-state index contributed by atoms with van der Waals surface area (Å²) in [6, 6.07) is 4.10. The molecule has 4 heteroatoms. The molecule has 0 saturated carbocycles. The number of hydrogen-bond donors (Lipinski definition) is 0. The molecule has 5 heterocycles. The minimum atomic E-state index is -0.383. The molecule has 4 nitrogen and oxygen atoms in total. The predicted octanol–water partition coefficient (Wildman–Crippen LogP) is 2.92. The van der Waals surface area contributed by atoms with Crippen molar-refractivity contribution in [2.45, 2.75) is 50.5 Å². The van der Waals surface area contributed by atoms with Crippen LogP contribution in [0.4, 0.5) is 0 Å². The molecule has 4 aliphatic rings. The summed E-state index contributed by atoms with van der Waals surface area (Å²) in [4.78, 5) is 15.3. The maximum atomic E-state index is 13.2. The third-order valence-electron chi connectivity index (χ3n) is 6.21. The van der Waals surface area contributed by atoms with Crippen LogP contribution in [-0.4, -0.2) is 28.6 Å². The summed E-state index contributed by atoms with van der Waals surface area (Å²) >= 11 is 0. The van der Waals surface area contributed by atoms with Gasteiger partial charge in [-0.3, -0.25) is 4.79 Å². The van der Waals surface area contributed by atoms with Gasteiger partial charge in [-0.1, -0.05) is 26.0 Å². The average molecular weight is 299 g/mol. The lowest BCUT2D eigenvalue weighted by Gasteiger charge is -2.47. The molecule has 2 bridgehead atoms. The number of furan rings is 1. The summed E-state index contributed by atoms with van der Waals surface area (Å²) in [6.07, 6.45) is 8.12. The van der Waals surface area contributed by atoms with Gasteiger partial charge in [-0.25, -0.2) is 0 Å². The van der Waals surface area contributed by atoms with Crippen LogP contribution in [-0.2, 0) is 9.53 Å². The Bertz CT molecular complexity index is 651.